The molecule has 140 valence electrons. The van der Waals surface area contributed by atoms with E-state index in [4.69, 9.17) is 15.5 Å². The van der Waals surface area contributed by atoms with Gasteiger partial charge in [-0.3, -0.25) is 4.98 Å². The smallest absolute Gasteiger partial charge is 0.154 e. The first-order valence-electron chi connectivity index (χ1n) is 9.13. The van der Waals surface area contributed by atoms with Gasteiger partial charge in [0.15, 0.2) is 5.17 Å². The van der Waals surface area contributed by atoms with Gasteiger partial charge in [-0.25, -0.2) is 9.38 Å². The minimum absolute atomic E-state index is 0.0258. The van der Waals surface area contributed by atoms with E-state index in [1.165, 1.54) is 12.3 Å². The molecule has 1 aromatic heterocycles. The fourth-order valence-electron chi connectivity index (χ4n) is 4.62. The van der Waals surface area contributed by atoms with E-state index >= 15 is 0 Å². The number of aliphatic hydroxyl groups is 1. The van der Waals surface area contributed by atoms with Crippen LogP contribution in [-0.2, 0) is 5.54 Å². The van der Waals surface area contributed by atoms with Crippen molar-refractivity contribution in [1.82, 2.24) is 4.98 Å². The summed E-state index contributed by atoms with van der Waals surface area (Å²) in [5.41, 5.74) is 8.10. The molecule has 1 aromatic carbocycles. The molecule has 0 saturated heterocycles. The molecule has 0 radical (unpaired) electrons. The third-order valence-corrected chi connectivity index (χ3v) is 6.86. The number of hydrogen-bond acceptors (Lipinski definition) is 6. The number of hydrogen-bond donors (Lipinski definition) is 2. The van der Waals surface area contributed by atoms with Crippen molar-refractivity contribution in [3.8, 4) is 16.9 Å². The van der Waals surface area contributed by atoms with Gasteiger partial charge in [-0.2, -0.15) is 0 Å². The maximum absolute atomic E-state index is 13.6. The summed E-state index contributed by atoms with van der Waals surface area (Å²) < 4.78 is 19.9. The number of aliphatic imine (C=N–C) groups is 1. The van der Waals surface area contributed by atoms with Crippen LogP contribution < -0.4 is 10.5 Å². The van der Waals surface area contributed by atoms with Crippen LogP contribution in [0.3, 0.4) is 0 Å². The van der Waals surface area contributed by atoms with Crippen molar-refractivity contribution in [3.63, 3.8) is 0 Å². The number of halogens is 1. The van der Waals surface area contributed by atoms with Gasteiger partial charge in [0.2, 0.25) is 0 Å². The van der Waals surface area contributed by atoms with Crippen LogP contribution in [0.4, 0.5) is 4.39 Å². The van der Waals surface area contributed by atoms with Crippen LogP contribution in [0.2, 0.25) is 0 Å². The van der Waals surface area contributed by atoms with Gasteiger partial charge in [-0.15, -0.1) is 0 Å². The highest BCUT2D eigenvalue weighted by atomic mass is 32.2. The molecule has 3 aliphatic rings. The number of pyridine rings is 1. The van der Waals surface area contributed by atoms with Gasteiger partial charge >= 0.3 is 0 Å². The molecular formula is C20H20FN3O2S. The van der Waals surface area contributed by atoms with E-state index in [-0.39, 0.29) is 23.9 Å². The zero-order valence-electron chi connectivity index (χ0n) is 14.6. The fourth-order valence-corrected chi connectivity index (χ4v) is 5.65. The van der Waals surface area contributed by atoms with Gasteiger partial charge in [-0.05, 0) is 43.0 Å². The number of nitrogens with two attached hydrogens (primary N) is 1. The molecule has 7 heteroatoms. The zero-order valence-corrected chi connectivity index (χ0v) is 15.5. The number of ether oxygens (including phenoxy) is 1. The van der Waals surface area contributed by atoms with Crippen molar-refractivity contribution in [2.45, 2.75) is 37.0 Å². The minimum Gasteiger partial charge on any atom is -0.490 e. The Kier molecular flexibility index (Phi) is 3.91. The number of aliphatic hydroxyl groups excluding tert-OH is 1. The van der Waals surface area contributed by atoms with Gasteiger partial charge in [-0.1, -0.05) is 17.8 Å². The Morgan fingerprint density at radius 2 is 2.11 bits per heavy atom. The number of thioether (sulfide) groups is 1. The molecule has 4 atom stereocenters. The molecule has 0 bridgehead atoms. The quantitative estimate of drug-likeness (QED) is 0.789. The molecule has 5 rings (SSSR count). The first-order chi connectivity index (χ1) is 13.0. The number of aromatic nitrogens is 1. The zero-order chi connectivity index (χ0) is 18.6. The molecule has 27 heavy (non-hydrogen) atoms. The Labute approximate surface area is 160 Å². The van der Waals surface area contributed by atoms with Crippen LogP contribution >= 0.6 is 11.8 Å². The van der Waals surface area contributed by atoms with Crippen LogP contribution in [0, 0.1) is 11.7 Å². The third-order valence-electron chi connectivity index (χ3n) is 5.88. The van der Waals surface area contributed by atoms with Crippen LogP contribution in [0.15, 0.2) is 41.7 Å². The van der Waals surface area contributed by atoms with E-state index in [9.17, 15) is 9.50 Å². The molecule has 1 spiro atoms. The lowest BCUT2D eigenvalue weighted by molar-refractivity contribution is -0.0236. The minimum atomic E-state index is -0.509. The molecule has 1 saturated carbocycles. The first-order valence-corrected chi connectivity index (χ1v) is 10.1. The largest absolute Gasteiger partial charge is 0.490 e. The van der Waals surface area contributed by atoms with Crippen LogP contribution in [0.25, 0.3) is 11.1 Å². The Balaban J connectivity index is 1.66. The normalized spacial score (nSPS) is 31.8. The summed E-state index contributed by atoms with van der Waals surface area (Å²) in [5.74, 6) is 1.24. The summed E-state index contributed by atoms with van der Waals surface area (Å²) in [6, 6.07) is 7.36. The molecule has 2 aromatic rings. The Morgan fingerprint density at radius 1 is 1.22 bits per heavy atom. The van der Waals surface area contributed by atoms with Crippen molar-refractivity contribution in [3.05, 3.63) is 48.0 Å². The maximum Gasteiger partial charge on any atom is 0.154 e. The molecule has 1 fully saturated rings. The molecule has 5 nitrogen and oxygen atoms in total. The van der Waals surface area contributed by atoms with Gasteiger partial charge in [0.1, 0.15) is 23.2 Å². The summed E-state index contributed by atoms with van der Waals surface area (Å²) in [7, 11) is 0. The Morgan fingerprint density at radius 3 is 2.89 bits per heavy atom. The summed E-state index contributed by atoms with van der Waals surface area (Å²) in [4.78, 5) is 8.83. The lowest BCUT2D eigenvalue weighted by Gasteiger charge is -2.48. The molecule has 2 aliphatic heterocycles. The average molecular weight is 385 g/mol. The third kappa shape index (κ3) is 2.72. The SMILES string of the molecule is NC1=N[C@@]2(CS1)c1cc(-c3cncc(F)c3)ccc1O[C@H]1CC[C@H](O)C[C@@H]12. The van der Waals surface area contributed by atoms with E-state index in [0.29, 0.717) is 17.2 Å². The summed E-state index contributed by atoms with van der Waals surface area (Å²) >= 11 is 1.55. The van der Waals surface area contributed by atoms with Gasteiger partial charge in [0.05, 0.1) is 12.3 Å². The highest BCUT2D eigenvalue weighted by molar-refractivity contribution is 8.14. The van der Waals surface area contributed by atoms with Crippen LogP contribution in [-0.4, -0.2) is 33.2 Å². The van der Waals surface area contributed by atoms with E-state index in [2.05, 4.69) is 4.98 Å². The van der Waals surface area contributed by atoms with Crippen LogP contribution in [0.5, 0.6) is 5.75 Å². The second kappa shape index (κ2) is 6.21. The summed E-state index contributed by atoms with van der Waals surface area (Å²) in [5, 5.41) is 10.8. The Hall–Kier alpha value is -2.12. The summed E-state index contributed by atoms with van der Waals surface area (Å²) in [6.07, 6.45) is 4.72. The molecular weight excluding hydrogens is 365 g/mol. The first kappa shape index (κ1) is 17.0. The van der Waals surface area contributed by atoms with E-state index in [1.54, 1.807) is 18.0 Å². The van der Waals surface area contributed by atoms with Gasteiger partial charge in [0.25, 0.3) is 0 Å². The topological polar surface area (TPSA) is 80.7 Å². The molecule has 0 amide bonds. The highest BCUT2D eigenvalue weighted by Gasteiger charge is 2.54. The van der Waals surface area contributed by atoms with Gasteiger partial charge in [0, 0.05) is 29.0 Å². The van der Waals surface area contributed by atoms with E-state index in [1.807, 2.05) is 18.2 Å². The molecule has 1 aliphatic carbocycles. The lowest BCUT2D eigenvalue weighted by Crippen LogP contribution is -2.51. The van der Waals surface area contributed by atoms with Crippen LogP contribution in [0.1, 0.15) is 24.8 Å². The van der Waals surface area contributed by atoms with Crippen molar-refractivity contribution in [2.24, 2.45) is 16.6 Å². The highest BCUT2D eigenvalue weighted by Crippen LogP contribution is 2.54. The van der Waals surface area contributed by atoms with E-state index < -0.39 is 5.54 Å². The lowest BCUT2D eigenvalue weighted by atomic mass is 9.68. The number of nitrogens with zero attached hydrogens (tertiary/aromatic N) is 2. The van der Waals surface area contributed by atoms with Crippen molar-refractivity contribution < 1.29 is 14.2 Å². The fraction of sp³-hybridized carbons (Fsp3) is 0.400. The molecule has 0 unspecified atom stereocenters. The number of benzene rings is 1. The average Bonchev–Trinajstić information content (AvgIpc) is 3.05. The molecule has 3 N–H and O–H groups in total. The standard InChI is InChI=1S/C20H20FN3O2S/c21-13-5-12(8-23-9-13)11-1-3-17-15(6-11)20(10-27-19(22)24-20)16-7-14(25)2-4-18(16)26-17/h1,3,5-6,8-9,14,16,18,25H,2,4,7,10H2,(H2,22,24)/t14-,16-,18-,20-/m0/s1. The number of rotatable bonds is 1. The van der Waals surface area contributed by atoms with Gasteiger partial charge < -0.3 is 15.6 Å². The predicted molar refractivity (Wildman–Crippen MR) is 103 cm³/mol. The number of amidine groups is 1. The maximum atomic E-state index is 13.6. The Bertz CT molecular complexity index is 937. The summed E-state index contributed by atoms with van der Waals surface area (Å²) in [6.45, 7) is 0. The predicted octanol–water partition coefficient (Wildman–Crippen LogP) is 3.07. The van der Waals surface area contributed by atoms with Crippen molar-refractivity contribution >= 4 is 16.9 Å². The van der Waals surface area contributed by atoms with E-state index in [0.717, 1.165) is 35.5 Å². The second-order valence-corrected chi connectivity index (χ2v) is 8.49. The van der Waals surface area contributed by atoms with Crippen molar-refractivity contribution in [2.75, 3.05) is 5.75 Å². The second-order valence-electron chi connectivity index (χ2n) is 7.50. The van der Waals surface area contributed by atoms with Crippen molar-refractivity contribution in [1.29, 1.82) is 0 Å². The monoisotopic (exact) mass is 385 g/mol. The number of fused-ring (bicyclic) bond motifs is 4. The molecule has 3 heterocycles.